The molecular formula is C37H43F6N3O7S. The number of aliphatic carboxylic acids is 1. The van der Waals surface area contributed by atoms with Crippen molar-refractivity contribution in [2.24, 2.45) is 5.92 Å². The predicted octanol–water partition coefficient (Wildman–Crippen LogP) is 7.25. The number of aliphatic hydroxyl groups is 2. The molecule has 10 nitrogen and oxygen atoms in total. The number of alkyl halides is 6. The highest BCUT2D eigenvalue weighted by molar-refractivity contribution is 7.10. The molecule has 3 N–H and O–H groups in total. The van der Waals surface area contributed by atoms with Gasteiger partial charge in [-0.1, -0.05) is 38.5 Å². The topological polar surface area (TPSA) is 133 Å². The normalized spacial score (nSPS) is 22.0. The van der Waals surface area contributed by atoms with E-state index >= 15 is 0 Å². The van der Waals surface area contributed by atoms with E-state index in [4.69, 9.17) is 9.47 Å². The van der Waals surface area contributed by atoms with Crippen LogP contribution in [0, 0.1) is 5.92 Å². The lowest BCUT2D eigenvalue weighted by atomic mass is 9.78. The van der Waals surface area contributed by atoms with E-state index in [0.29, 0.717) is 29.1 Å². The van der Waals surface area contributed by atoms with Crippen molar-refractivity contribution in [1.82, 2.24) is 14.8 Å². The van der Waals surface area contributed by atoms with E-state index in [9.17, 15) is 51.3 Å². The maximum atomic E-state index is 14.9. The van der Waals surface area contributed by atoms with E-state index in [2.05, 4.69) is 4.98 Å². The highest BCUT2D eigenvalue weighted by Gasteiger charge is 2.56. The maximum Gasteiger partial charge on any atom is 0.425 e. The average molecular weight is 788 g/mol. The second-order valence-electron chi connectivity index (χ2n) is 13.8. The minimum absolute atomic E-state index is 0.0116. The van der Waals surface area contributed by atoms with Gasteiger partial charge in [0.05, 0.1) is 29.7 Å². The summed E-state index contributed by atoms with van der Waals surface area (Å²) in [6.07, 6.45) is -8.66. The Morgan fingerprint density at radius 3 is 2.39 bits per heavy atom. The molecular weight excluding hydrogens is 744 g/mol. The number of hydrogen-bond acceptors (Lipinski definition) is 9. The Hall–Kier alpha value is -3.93. The number of carbonyl (C=O) groups is 2. The van der Waals surface area contributed by atoms with Gasteiger partial charge in [0, 0.05) is 54.6 Å². The predicted molar refractivity (Wildman–Crippen MR) is 185 cm³/mol. The van der Waals surface area contributed by atoms with Crippen LogP contribution < -0.4 is 9.47 Å². The van der Waals surface area contributed by atoms with Gasteiger partial charge in [-0.3, -0.25) is 19.5 Å². The van der Waals surface area contributed by atoms with Gasteiger partial charge in [-0.15, -0.1) is 11.3 Å². The largest absolute Gasteiger partial charge is 0.493 e. The number of aromatic nitrogens is 1. The van der Waals surface area contributed by atoms with Crippen LogP contribution in [0.3, 0.4) is 0 Å². The molecule has 4 heterocycles. The fraction of sp³-hybridized carbons (Fsp3) is 0.541. The number of para-hydroxylation sites is 1. The molecule has 3 aromatic rings. The smallest absolute Gasteiger partial charge is 0.425 e. The summed E-state index contributed by atoms with van der Waals surface area (Å²) in [5.41, 5.74) is -4.62. The van der Waals surface area contributed by atoms with Gasteiger partial charge in [0.25, 0.3) is 5.91 Å². The van der Waals surface area contributed by atoms with Crippen LogP contribution in [-0.2, 0) is 27.5 Å². The Labute approximate surface area is 312 Å². The molecule has 0 bridgehead atoms. The number of carbonyl (C=O) groups excluding carboxylic acids is 1. The molecule has 5 rings (SSSR count). The number of carboxylic acid groups (broad SMARTS) is 1. The summed E-state index contributed by atoms with van der Waals surface area (Å²) in [6, 6.07) is 7.18. The van der Waals surface area contributed by atoms with Crippen LogP contribution in [0.2, 0.25) is 0 Å². The van der Waals surface area contributed by atoms with Crippen LogP contribution in [-0.4, -0.2) is 79.9 Å². The number of nitrogens with zero attached hydrogens (tertiary/aromatic N) is 3. The zero-order valence-electron chi connectivity index (χ0n) is 29.7. The summed E-state index contributed by atoms with van der Waals surface area (Å²) in [5.74, 6) is -2.14. The van der Waals surface area contributed by atoms with Crippen molar-refractivity contribution < 1.29 is 60.7 Å². The van der Waals surface area contributed by atoms with Gasteiger partial charge in [0.1, 0.15) is 22.6 Å². The first-order valence-electron chi connectivity index (χ1n) is 17.7. The number of hydrogen-bond donors (Lipinski definition) is 3. The summed E-state index contributed by atoms with van der Waals surface area (Å²) in [4.78, 5) is 31.8. The third-order valence-electron chi connectivity index (χ3n) is 10.2. The van der Waals surface area contributed by atoms with Crippen LogP contribution in [0.1, 0.15) is 86.6 Å². The molecule has 1 aromatic carbocycles. The van der Waals surface area contributed by atoms with Gasteiger partial charge >= 0.3 is 18.3 Å². The van der Waals surface area contributed by atoms with E-state index < -0.39 is 69.6 Å². The molecule has 0 aliphatic carbocycles. The van der Waals surface area contributed by atoms with Gasteiger partial charge in [0.15, 0.2) is 0 Å². The van der Waals surface area contributed by atoms with Crippen LogP contribution in [0.15, 0.2) is 54.2 Å². The van der Waals surface area contributed by atoms with Crippen LogP contribution in [0.25, 0.3) is 0 Å². The fourth-order valence-electron chi connectivity index (χ4n) is 7.34. The summed E-state index contributed by atoms with van der Waals surface area (Å²) < 4.78 is 95.5. The second-order valence-corrected chi connectivity index (χ2v) is 14.7. The third-order valence-corrected chi connectivity index (χ3v) is 11.2. The van der Waals surface area contributed by atoms with Crippen LogP contribution in [0.5, 0.6) is 11.5 Å². The maximum absolute atomic E-state index is 14.9. The lowest BCUT2D eigenvalue weighted by molar-refractivity contribution is -0.176. The molecule has 0 radical (unpaired) electrons. The lowest BCUT2D eigenvalue weighted by Crippen LogP contribution is -2.68. The molecule has 2 aliphatic rings. The number of likely N-dealkylation sites (tertiary alicyclic amines) is 2. The van der Waals surface area contributed by atoms with Crippen LogP contribution in [0.4, 0.5) is 26.3 Å². The van der Waals surface area contributed by atoms with Crippen molar-refractivity contribution in [3.05, 3.63) is 75.7 Å². The number of benzene rings is 1. The molecule has 2 saturated heterocycles. The van der Waals surface area contributed by atoms with E-state index in [1.165, 1.54) is 9.80 Å². The Kier molecular flexibility index (Phi) is 12.5. The van der Waals surface area contributed by atoms with E-state index in [1.807, 2.05) is 0 Å². The highest BCUT2D eigenvalue weighted by atomic mass is 32.1. The zero-order valence-corrected chi connectivity index (χ0v) is 30.5. The monoisotopic (exact) mass is 787 g/mol. The lowest BCUT2D eigenvalue weighted by Gasteiger charge is -2.52. The molecule has 4 atom stereocenters. The van der Waals surface area contributed by atoms with E-state index in [1.54, 1.807) is 38.1 Å². The molecule has 2 aliphatic heterocycles. The van der Waals surface area contributed by atoms with Crippen molar-refractivity contribution in [3.8, 4) is 11.5 Å². The molecule has 2 aromatic heterocycles. The molecule has 17 heteroatoms. The number of piperidine rings is 2. The number of carboxylic acids is 1. The summed E-state index contributed by atoms with van der Waals surface area (Å²) in [5, 5.41) is 33.8. The summed E-state index contributed by atoms with van der Waals surface area (Å²) in [7, 11) is 0. The number of rotatable bonds is 13. The van der Waals surface area contributed by atoms with Crippen molar-refractivity contribution in [1.29, 1.82) is 0 Å². The van der Waals surface area contributed by atoms with Gasteiger partial charge in [-0.05, 0) is 50.7 Å². The van der Waals surface area contributed by atoms with Crippen LogP contribution >= 0.6 is 11.3 Å². The first kappa shape index (κ1) is 41.2. The van der Waals surface area contributed by atoms with Crippen molar-refractivity contribution in [2.45, 2.75) is 94.6 Å². The molecule has 1 amide bonds. The molecule has 2 fully saturated rings. The first-order chi connectivity index (χ1) is 25.4. The second kappa shape index (κ2) is 16.4. The number of amides is 1. The molecule has 2 unspecified atom stereocenters. The zero-order chi connectivity index (χ0) is 39.5. The van der Waals surface area contributed by atoms with Crippen molar-refractivity contribution >= 4 is 23.2 Å². The summed E-state index contributed by atoms with van der Waals surface area (Å²) >= 11 is 0.376. The van der Waals surface area contributed by atoms with Gasteiger partial charge in [-0.2, -0.15) is 26.3 Å². The third kappa shape index (κ3) is 8.79. The minimum atomic E-state index is -4.84. The number of ether oxygens (including phenoxy) is 2. The van der Waals surface area contributed by atoms with E-state index in [0.717, 1.165) is 29.9 Å². The number of halogens is 6. The molecule has 54 heavy (non-hydrogen) atoms. The number of aliphatic hydroxyl groups excluding tert-OH is 1. The average Bonchev–Trinajstić information content (AvgIpc) is 3.61. The SMILES string of the molecule is CCC[C@H]1N(C(O)c2cnccc2C(F)(F)F)CCC[C@@]1(Oc1csc(C(F)(F)F)c1)C(=O)N1CCC(O)(c2ccccc2OCCC(C)C(=O)O)CC1. The number of thiophene rings is 1. The first-order valence-corrected chi connectivity index (χ1v) is 18.6. The van der Waals surface area contributed by atoms with Gasteiger partial charge < -0.3 is 29.7 Å². The Morgan fingerprint density at radius 1 is 1.06 bits per heavy atom. The molecule has 0 spiro atoms. The highest BCUT2D eigenvalue weighted by Crippen LogP contribution is 2.46. The summed E-state index contributed by atoms with van der Waals surface area (Å²) in [6.45, 7) is 3.41. The quantitative estimate of drug-likeness (QED) is 0.153. The Morgan fingerprint density at radius 2 is 1.76 bits per heavy atom. The van der Waals surface area contributed by atoms with Gasteiger partial charge in [0.2, 0.25) is 5.60 Å². The number of pyridine rings is 1. The van der Waals surface area contributed by atoms with Crippen molar-refractivity contribution in [3.63, 3.8) is 0 Å². The van der Waals surface area contributed by atoms with E-state index in [-0.39, 0.29) is 70.5 Å². The Bertz CT molecular complexity index is 1760. The fourth-order valence-corrected chi connectivity index (χ4v) is 8.01. The molecule has 296 valence electrons. The Balaban J connectivity index is 1.47. The standard InChI is InChI=1S/C37H43F6N3O7S/c1-3-7-29-35(53-24-20-30(54-22-24)37(41,42)43,12-6-16-46(29)31(47)25-21-44-15-10-26(25)36(38,39)40)33(50)45-17-13-34(51,14-18-45)27-8-4-5-9-28(27)52-19-11-23(2)32(48)49/h4-5,8-10,15,20-23,29,31,47,51H,3,6-7,11-14,16-19H2,1-2H3,(H,48,49)/t23?,29-,31?,35+/m1/s1. The minimum Gasteiger partial charge on any atom is -0.493 e. The molecule has 0 saturated carbocycles. The van der Waals surface area contributed by atoms with Gasteiger partial charge in [-0.25, -0.2) is 0 Å². The van der Waals surface area contributed by atoms with Crippen molar-refractivity contribution in [2.75, 3.05) is 26.2 Å².